The first-order valence-electron chi connectivity index (χ1n) is 14.4. The molecule has 9 nitrogen and oxygen atoms in total. The monoisotopic (exact) mass is 566 g/mol. The van der Waals surface area contributed by atoms with Crippen molar-refractivity contribution in [2.45, 2.75) is 68.7 Å². The van der Waals surface area contributed by atoms with Gasteiger partial charge in [-0.25, -0.2) is 0 Å². The molecule has 5 atom stereocenters. The number of anilines is 1. The van der Waals surface area contributed by atoms with Crippen LogP contribution in [0.5, 0.6) is 0 Å². The lowest BCUT2D eigenvalue weighted by Crippen LogP contribution is -2.87. The highest BCUT2D eigenvalue weighted by molar-refractivity contribution is 6.12. The molecule has 3 saturated heterocycles. The zero-order valence-corrected chi connectivity index (χ0v) is 24.5. The molecule has 0 bridgehead atoms. The van der Waals surface area contributed by atoms with Crippen LogP contribution in [0.4, 0.5) is 5.69 Å². The fourth-order valence-electron chi connectivity index (χ4n) is 8.84. The van der Waals surface area contributed by atoms with E-state index in [1.54, 1.807) is 18.3 Å². The first-order valence-corrected chi connectivity index (χ1v) is 14.4. The van der Waals surface area contributed by atoms with E-state index in [0.717, 1.165) is 27.8 Å². The molecule has 1 aromatic heterocycles. The summed E-state index contributed by atoms with van der Waals surface area (Å²) in [5, 5.41) is 26.4. The van der Waals surface area contributed by atoms with Crippen LogP contribution in [0.1, 0.15) is 51.4 Å². The van der Waals surface area contributed by atoms with Gasteiger partial charge in [0, 0.05) is 63.6 Å². The number of hydrogen-bond acceptors (Lipinski definition) is 6. The number of carbonyl (C=O) groups excluding carboxylic acids is 2. The quantitative estimate of drug-likeness (QED) is 0.416. The van der Waals surface area contributed by atoms with E-state index >= 15 is 0 Å². The maximum atomic E-state index is 15.0. The smallest absolute Gasteiger partial charge is 0.287 e. The number of nitrogens with one attached hydrogen (secondary N) is 1. The largest absolute Gasteiger partial charge is 0.378 e. The predicted molar refractivity (Wildman–Crippen MR) is 157 cm³/mol. The number of hydrogen-bond donors (Lipinski definition) is 3. The molecule has 5 aliphatic rings. The Bertz CT molecular complexity index is 1820. The van der Waals surface area contributed by atoms with E-state index in [1.807, 2.05) is 88.1 Å². The molecule has 0 saturated carbocycles. The molecule has 3 N–H and O–H groups in total. The average Bonchev–Trinajstić information content (AvgIpc) is 3.49. The highest BCUT2D eigenvalue weighted by atomic mass is 16.5. The first kappa shape index (κ1) is 25.8. The number of piperazine rings is 1. The van der Waals surface area contributed by atoms with Crippen molar-refractivity contribution in [1.29, 1.82) is 0 Å². The van der Waals surface area contributed by atoms with Crippen LogP contribution >= 0.6 is 0 Å². The van der Waals surface area contributed by atoms with Crippen LogP contribution in [0, 0.1) is 5.92 Å². The van der Waals surface area contributed by atoms with E-state index < -0.39 is 45.9 Å². The SMILES string of the molecule is COC1C2(O)C(=O)N3/C=C\C(C)(C)c4[nH]c5ccccc5c4/C=C\3C(=O)N2C23C(C)C(C)(C)N2c2ccccc2C13O. The molecular formula is C33H34N4O5. The standard InChI is InChI=1S/C33H34N4O5/c1-18-30(4,5)36-23-14-10-8-12-21(23)31(40)27(42-6)32(41)28(39)35-16-15-29(2,3)25-20(19-11-7-9-13-22(19)34-25)17-24(35)26(38)37(32)33(18,31)36/h7-18,27,34,40-41H,1-6H3/b16-15-,24-17-. The molecule has 3 aromatic rings. The second-order valence-electron chi connectivity index (χ2n) is 13.4. The molecule has 5 aliphatic heterocycles. The van der Waals surface area contributed by atoms with Gasteiger partial charge in [-0.05, 0) is 32.1 Å². The van der Waals surface area contributed by atoms with Gasteiger partial charge in [0.1, 0.15) is 5.70 Å². The number of ether oxygens (including phenoxy) is 1. The molecule has 216 valence electrons. The number of aromatic nitrogens is 1. The van der Waals surface area contributed by atoms with Crippen LogP contribution in [0.2, 0.25) is 0 Å². The van der Waals surface area contributed by atoms with Crippen LogP contribution in [-0.4, -0.2) is 67.0 Å². The molecule has 42 heavy (non-hydrogen) atoms. The van der Waals surface area contributed by atoms with E-state index in [2.05, 4.69) is 4.98 Å². The van der Waals surface area contributed by atoms with Crippen LogP contribution in [0.25, 0.3) is 17.0 Å². The lowest BCUT2D eigenvalue weighted by atomic mass is 9.61. The molecular weight excluding hydrogens is 532 g/mol. The minimum atomic E-state index is -2.48. The summed E-state index contributed by atoms with van der Waals surface area (Å²) in [5.41, 5.74) is -2.89. The van der Waals surface area contributed by atoms with Crippen molar-refractivity contribution in [3.63, 3.8) is 0 Å². The number of allylic oxidation sites excluding steroid dienone is 1. The Morgan fingerprint density at radius 3 is 2.38 bits per heavy atom. The van der Waals surface area contributed by atoms with E-state index in [1.165, 1.54) is 16.9 Å². The topological polar surface area (TPSA) is 109 Å². The van der Waals surface area contributed by atoms with Gasteiger partial charge in [0.05, 0.1) is 0 Å². The number of nitrogens with zero attached hydrogens (tertiary/aromatic N) is 3. The zero-order chi connectivity index (χ0) is 29.8. The van der Waals surface area contributed by atoms with Crippen molar-refractivity contribution in [3.8, 4) is 0 Å². The summed E-state index contributed by atoms with van der Waals surface area (Å²) in [7, 11) is 1.37. The minimum Gasteiger partial charge on any atom is -0.378 e. The molecule has 3 fully saturated rings. The summed E-state index contributed by atoms with van der Waals surface area (Å²) in [6, 6.07) is 15.3. The Balaban J connectivity index is 1.44. The highest BCUT2D eigenvalue weighted by Crippen LogP contribution is 2.74. The fraction of sp³-hybridized carbons (Fsp3) is 0.394. The minimum absolute atomic E-state index is 0.101. The summed E-state index contributed by atoms with van der Waals surface area (Å²) in [4.78, 5) is 37.7. The van der Waals surface area contributed by atoms with Gasteiger partial charge >= 0.3 is 0 Å². The van der Waals surface area contributed by atoms with Crippen LogP contribution in [0.15, 0.2) is 66.5 Å². The summed E-state index contributed by atoms with van der Waals surface area (Å²) in [6.45, 7) is 10.1. The third kappa shape index (κ3) is 2.36. The second-order valence-corrected chi connectivity index (χ2v) is 13.4. The van der Waals surface area contributed by atoms with Crippen LogP contribution < -0.4 is 4.90 Å². The van der Waals surface area contributed by atoms with Crippen molar-refractivity contribution in [3.05, 3.63) is 83.3 Å². The van der Waals surface area contributed by atoms with Gasteiger partial charge < -0.3 is 24.8 Å². The number of rotatable bonds is 1. The van der Waals surface area contributed by atoms with Gasteiger partial charge in [-0.15, -0.1) is 0 Å². The van der Waals surface area contributed by atoms with Gasteiger partial charge in [0.2, 0.25) is 0 Å². The Kier molecular flexibility index (Phi) is 4.50. The van der Waals surface area contributed by atoms with Crippen molar-refractivity contribution in [2.24, 2.45) is 5.92 Å². The van der Waals surface area contributed by atoms with Crippen molar-refractivity contribution < 1.29 is 24.5 Å². The first-order chi connectivity index (χ1) is 19.8. The van der Waals surface area contributed by atoms with Gasteiger partial charge in [0.25, 0.3) is 17.5 Å². The lowest BCUT2D eigenvalue weighted by molar-refractivity contribution is -0.213. The number of carbonyl (C=O) groups is 2. The van der Waals surface area contributed by atoms with E-state index in [9.17, 15) is 19.8 Å². The number of aliphatic hydroxyl groups is 2. The Labute approximate surface area is 243 Å². The number of fused-ring (bicyclic) bond motifs is 8. The predicted octanol–water partition coefficient (Wildman–Crippen LogP) is 3.53. The van der Waals surface area contributed by atoms with Gasteiger partial charge in [0.15, 0.2) is 17.4 Å². The number of benzene rings is 2. The van der Waals surface area contributed by atoms with Crippen molar-refractivity contribution in [2.75, 3.05) is 12.0 Å². The van der Waals surface area contributed by atoms with Crippen molar-refractivity contribution in [1.82, 2.24) is 14.8 Å². The lowest BCUT2D eigenvalue weighted by Gasteiger charge is -2.70. The van der Waals surface area contributed by atoms with Crippen LogP contribution in [0.3, 0.4) is 0 Å². The number of amides is 2. The Hall–Kier alpha value is -3.92. The number of aromatic amines is 1. The van der Waals surface area contributed by atoms with E-state index in [-0.39, 0.29) is 11.6 Å². The molecule has 6 heterocycles. The maximum absolute atomic E-state index is 15.0. The van der Waals surface area contributed by atoms with E-state index in [4.69, 9.17) is 4.74 Å². The molecule has 5 unspecified atom stereocenters. The Morgan fingerprint density at radius 1 is 0.952 bits per heavy atom. The molecule has 9 heteroatoms. The third-order valence-electron chi connectivity index (χ3n) is 10.9. The van der Waals surface area contributed by atoms with Crippen LogP contribution in [-0.2, 0) is 25.3 Å². The fourth-order valence-corrected chi connectivity index (χ4v) is 8.84. The summed E-state index contributed by atoms with van der Waals surface area (Å²) in [5.74, 6) is -1.66. The molecule has 0 aliphatic carbocycles. The average molecular weight is 567 g/mol. The van der Waals surface area contributed by atoms with Gasteiger partial charge in [-0.3, -0.25) is 19.4 Å². The summed E-state index contributed by atoms with van der Waals surface area (Å²) < 4.78 is 5.90. The van der Waals surface area contributed by atoms with Crippen molar-refractivity contribution >= 4 is 34.5 Å². The summed E-state index contributed by atoms with van der Waals surface area (Å²) >= 11 is 0. The second kappa shape index (κ2) is 7.34. The molecule has 1 spiro atoms. The maximum Gasteiger partial charge on any atom is 0.287 e. The molecule has 0 radical (unpaired) electrons. The third-order valence-corrected chi connectivity index (χ3v) is 10.9. The normalized spacial score (nSPS) is 37.0. The van der Waals surface area contributed by atoms with E-state index in [0.29, 0.717) is 5.56 Å². The molecule has 2 amide bonds. The number of H-pyrrole nitrogens is 1. The molecule has 2 aromatic carbocycles. The van der Waals surface area contributed by atoms with Gasteiger partial charge in [-0.2, -0.15) is 0 Å². The summed E-state index contributed by atoms with van der Waals surface area (Å²) in [6.07, 6.45) is 3.72. The highest BCUT2D eigenvalue weighted by Gasteiger charge is 2.91. The molecule has 8 rings (SSSR count). The number of para-hydroxylation sites is 2. The Morgan fingerprint density at radius 2 is 1.64 bits per heavy atom. The number of methoxy groups -OCH3 is 1. The zero-order valence-electron chi connectivity index (χ0n) is 24.5. The van der Waals surface area contributed by atoms with Gasteiger partial charge in [-0.1, -0.05) is 63.2 Å².